The molecule has 25 heavy (non-hydrogen) atoms. The second-order valence-electron chi connectivity index (χ2n) is 8.11. The Morgan fingerprint density at radius 2 is 1.48 bits per heavy atom. The molecule has 0 bridgehead atoms. The molecule has 0 radical (unpaired) electrons. The molecule has 1 atom stereocenters. The predicted octanol–water partition coefficient (Wildman–Crippen LogP) is 7.97. The number of unbranched alkanes of at least 4 members (excludes halogenated alkanes) is 6. The minimum Gasteiger partial charge on any atom is -0.385 e. The second-order valence-corrected chi connectivity index (χ2v) is 15.2. The van der Waals surface area contributed by atoms with E-state index in [1.54, 1.807) is 9.28 Å². The van der Waals surface area contributed by atoms with E-state index in [0.717, 1.165) is 24.8 Å². The van der Waals surface area contributed by atoms with Gasteiger partial charge in [-0.15, -0.1) is 6.58 Å². The quantitative estimate of drug-likeness (QED) is 0.0886. The van der Waals surface area contributed by atoms with Gasteiger partial charge in [-0.25, -0.2) is 0 Å². The van der Waals surface area contributed by atoms with E-state index >= 15 is 0 Å². The highest BCUT2D eigenvalue weighted by atomic mass is 127. The third-order valence-corrected chi connectivity index (χ3v) is 11.7. The maximum atomic E-state index is 10.4. The zero-order chi connectivity index (χ0) is 19.3. The van der Waals surface area contributed by atoms with E-state index in [1.807, 2.05) is 0 Å². The number of halogens is 1. The molecule has 0 saturated heterocycles. The zero-order valence-corrected chi connectivity index (χ0v) is 20.5. The van der Waals surface area contributed by atoms with Crippen molar-refractivity contribution in [2.45, 2.75) is 104 Å². The topological polar surface area (TPSA) is 20.2 Å². The summed E-state index contributed by atoms with van der Waals surface area (Å²) < 4.78 is 1.56. The summed E-state index contributed by atoms with van der Waals surface area (Å²) in [4.78, 5) is 0. The number of aliphatic hydroxyl groups is 1. The number of rotatable bonds is 14. The van der Waals surface area contributed by atoms with E-state index in [-0.39, 0.29) is 0 Å². The summed E-state index contributed by atoms with van der Waals surface area (Å²) in [6.45, 7) is 15.6. The molecule has 0 heterocycles. The highest BCUT2D eigenvalue weighted by Crippen LogP contribution is 2.31. The largest absolute Gasteiger partial charge is 0.385 e. The van der Waals surface area contributed by atoms with Crippen molar-refractivity contribution in [1.82, 2.24) is 0 Å². The van der Waals surface area contributed by atoms with Crippen LogP contribution in [0.2, 0.25) is 19.6 Å². The van der Waals surface area contributed by atoms with Crippen molar-refractivity contribution in [3.8, 4) is 0 Å². The Hall–Kier alpha value is 0.127. The van der Waals surface area contributed by atoms with Crippen molar-refractivity contribution in [2.24, 2.45) is 0 Å². The fourth-order valence-corrected chi connectivity index (χ4v) is 4.49. The van der Waals surface area contributed by atoms with Crippen LogP contribution in [0.1, 0.15) is 78.1 Å². The molecule has 0 aliphatic carbocycles. The first kappa shape index (κ1) is 25.1. The van der Waals surface area contributed by atoms with Gasteiger partial charge in [0.1, 0.15) is 0 Å². The van der Waals surface area contributed by atoms with Crippen LogP contribution in [-0.2, 0) is 0 Å². The number of aliphatic hydroxyl groups excluding tert-OH is 1. The lowest BCUT2D eigenvalue weighted by atomic mass is 9.97. The Morgan fingerprint density at radius 1 is 0.960 bits per heavy atom. The van der Waals surface area contributed by atoms with Crippen molar-refractivity contribution < 1.29 is 5.11 Å². The van der Waals surface area contributed by atoms with Crippen LogP contribution in [-0.4, -0.2) is 19.3 Å². The molecule has 3 heteroatoms. The first-order valence-electron chi connectivity index (χ1n) is 10.2. The van der Waals surface area contributed by atoms with Crippen LogP contribution in [0.5, 0.6) is 0 Å². The Morgan fingerprint density at radius 3 is 1.92 bits per heavy atom. The first-order valence-corrected chi connectivity index (χ1v) is 14.8. The van der Waals surface area contributed by atoms with Crippen molar-refractivity contribution in [1.29, 1.82) is 0 Å². The molecule has 0 fully saturated rings. The van der Waals surface area contributed by atoms with Crippen molar-refractivity contribution in [3.63, 3.8) is 0 Å². The smallest absolute Gasteiger partial charge is 0.0932 e. The lowest BCUT2D eigenvalue weighted by molar-refractivity contribution is 0.254. The Balaban J connectivity index is 5.37. The molecule has 0 spiro atoms. The summed E-state index contributed by atoms with van der Waals surface area (Å²) in [6.07, 6.45) is 15.7. The Labute approximate surface area is 172 Å². The number of allylic oxidation sites excluding steroid dienone is 2. The van der Waals surface area contributed by atoms with E-state index in [2.05, 4.69) is 68.7 Å². The minimum absolute atomic E-state index is 0.502. The van der Waals surface area contributed by atoms with Gasteiger partial charge in [-0.2, -0.15) is 0 Å². The van der Waals surface area contributed by atoms with Crippen molar-refractivity contribution in [3.05, 3.63) is 33.1 Å². The minimum atomic E-state index is -1.33. The molecule has 0 aromatic rings. The van der Waals surface area contributed by atoms with E-state index in [1.165, 1.54) is 50.5 Å². The maximum absolute atomic E-state index is 10.4. The summed E-state index contributed by atoms with van der Waals surface area (Å²) in [5, 5.41) is 10.4. The van der Waals surface area contributed by atoms with Crippen LogP contribution in [0.3, 0.4) is 0 Å². The van der Waals surface area contributed by atoms with Crippen LogP contribution in [0, 0.1) is 0 Å². The van der Waals surface area contributed by atoms with Gasteiger partial charge in [-0.1, -0.05) is 107 Å². The molecule has 0 aliphatic heterocycles. The van der Waals surface area contributed by atoms with Gasteiger partial charge in [0.15, 0.2) is 0 Å². The Kier molecular flexibility index (Phi) is 14.3. The zero-order valence-electron chi connectivity index (χ0n) is 17.3. The van der Waals surface area contributed by atoms with Crippen LogP contribution in [0.25, 0.3) is 0 Å². The van der Waals surface area contributed by atoms with E-state index in [0.29, 0.717) is 0 Å². The molecule has 1 N–H and O–H groups in total. The molecule has 0 aliphatic rings. The van der Waals surface area contributed by atoms with Gasteiger partial charge in [0.25, 0.3) is 0 Å². The average Bonchev–Trinajstić information content (AvgIpc) is 2.57. The van der Waals surface area contributed by atoms with Gasteiger partial charge >= 0.3 is 0 Å². The predicted molar refractivity (Wildman–Crippen MR) is 126 cm³/mol. The lowest BCUT2D eigenvalue weighted by Gasteiger charge is -2.21. The van der Waals surface area contributed by atoms with Gasteiger partial charge in [0, 0.05) is 0 Å². The first-order chi connectivity index (χ1) is 11.8. The maximum Gasteiger partial charge on any atom is 0.0932 e. The van der Waals surface area contributed by atoms with Gasteiger partial charge in [0.2, 0.25) is 0 Å². The molecule has 0 amide bonds. The van der Waals surface area contributed by atoms with Crippen LogP contribution in [0.15, 0.2) is 33.1 Å². The normalized spacial score (nSPS) is 15.1. The molecular weight excluding hydrogens is 435 g/mol. The highest BCUT2D eigenvalue weighted by molar-refractivity contribution is 14.1. The van der Waals surface area contributed by atoms with Crippen LogP contribution < -0.4 is 0 Å². The third-order valence-electron chi connectivity index (χ3n) is 4.52. The average molecular weight is 477 g/mol. The summed E-state index contributed by atoms with van der Waals surface area (Å²) in [5.74, 6) is 0. The van der Waals surface area contributed by atoms with Crippen LogP contribution in [0.4, 0.5) is 0 Å². The molecule has 0 rings (SSSR count). The molecule has 1 nitrogen and oxygen atoms in total. The van der Waals surface area contributed by atoms with Crippen molar-refractivity contribution in [2.75, 3.05) is 0 Å². The van der Waals surface area contributed by atoms with Gasteiger partial charge < -0.3 is 5.11 Å². The molecule has 146 valence electrons. The molecule has 1 unspecified atom stereocenters. The second kappa shape index (κ2) is 14.2. The lowest BCUT2D eigenvalue weighted by Crippen LogP contribution is -2.22. The third kappa shape index (κ3) is 11.4. The van der Waals surface area contributed by atoms with E-state index in [9.17, 15) is 5.11 Å². The number of hydrogen-bond acceptors (Lipinski definition) is 1. The fourth-order valence-electron chi connectivity index (χ4n) is 2.91. The molecular formula is C22H41IOSi. The summed E-state index contributed by atoms with van der Waals surface area (Å²) >= 11 is 2.58. The highest BCUT2D eigenvalue weighted by Gasteiger charge is 2.21. The monoisotopic (exact) mass is 476 g/mol. The Bertz CT molecular complexity index is 432. The van der Waals surface area contributed by atoms with E-state index < -0.39 is 14.2 Å². The summed E-state index contributed by atoms with van der Waals surface area (Å²) in [7, 11) is -1.33. The van der Waals surface area contributed by atoms with Gasteiger partial charge in [-0.05, 0) is 40.0 Å². The molecule has 0 saturated carbocycles. The van der Waals surface area contributed by atoms with Crippen LogP contribution >= 0.6 is 22.6 Å². The number of hydrogen-bond donors (Lipinski definition) is 1. The summed E-state index contributed by atoms with van der Waals surface area (Å²) in [5.41, 5.74) is 2.63. The standard InChI is InChI=1S/C22H41IOSi/c1-7-10-12-14-16-19(21(24)9-3)18-20(17-15-13-11-8-2)22(23)25(4,5)6/h9,18,21,24H,3,7-8,10-17H2,1-2,4-6H3/b19-18-,22-20-. The van der Waals surface area contributed by atoms with Crippen molar-refractivity contribution >= 4 is 30.7 Å². The van der Waals surface area contributed by atoms with Gasteiger partial charge in [-0.3, -0.25) is 0 Å². The molecule has 0 aromatic heterocycles. The molecule has 0 aromatic carbocycles. The summed E-state index contributed by atoms with van der Waals surface area (Å²) in [6, 6.07) is 0. The SMILES string of the molecule is C=CC(O)/C(=C\C(CCCCCC)=C(\I)[Si](C)(C)C)CCCCCC. The van der Waals surface area contributed by atoms with Gasteiger partial charge in [0.05, 0.1) is 14.2 Å². The van der Waals surface area contributed by atoms with E-state index in [4.69, 9.17) is 0 Å². The fraction of sp³-hybridized carbons (Fsp3) is 0.727.